The van der Waals surface area contributed by atoms with E-state index in [1.807, 2.05) is 50.4 Å². The molecule has 2 aromatic heterocycles. The molecular formula is C38H45N5O5S. The van der Waals surface area contributed by atoms with Crippen molar-refractivity contribution in [1.82, 2.24) is 19.9 Å². The smallest absolute Gasteiger partial charge is 0.264 e. The number of ether oxygens (including phenoxy) is 2. The lowest BCUT2D eigenvalue weighted by atomic mass is 9.87. The van der Waals surface area contributed by atoms with Gasteiger partial charge in [0.25, 0.3) is 15.9 Å². The molecule has 2 aliphatic rings. The molecule has 49 heavy (non-hydrogen) atoms. The van der Waals surface area contributed by atoms with Gasteiger partial charge in [-0.25, -0.2) is 18.1 Å². The molecular weight excluding hydrogens is 639 g/mol. The summed E-state index contributed by atoms with van der Waals surface area (Å²) in [5.41, 5.74) is 5.22. The maximum Gasteiger partial charge on any atom is 0.264 e. The Hall–Kier alpha value is -4.35. The lowest BCUT2D eigenvalue weighted by molar-refractivity contribution is 0.0509. The third-order valence-corrected chi connectivity index (χ3v) is 10.3. The summed E-state index contributed by atoms with van der Waals surface area (Å²) in [5.74, 6) is -0.242. The standard InChI is InChI=1S/C38H45N5O5S/c1-24-10-8-11-25(2)34(24)31-17-33-41-36(40-31)42-49(45,46)30-13-9-12-26(16-30)35(44)43(29(22-47-33)18-37(3,4)5)21-28-15-14-27(20-39-28)32-19-38(6,7)23-48-32/h8-17,20,29,32H,18-19,21-23H2,1-7H3,(H,40,41,42)/t29-,32?/m1/s1. The fourth-order valence-corrected chi connectivity index (χ4v) is 7.59. The third kappa shape index (κ3) is 7.94. The molecule has 6 rings (SSSR count). The van der Waals surface area contributed by atoms with E-state index in [4.69, 9.17) is 14.5 Å². The van der Waals surface area contributed by atoms with Gasteiger partial charge in [0.2, 0.25) is 11.8 Å². The topological polar surface area (TPSA) is 124 Å². The monoisotopic (exact) mass is 683 g/mol. The minimum atomic E-state index is -4.17. The number of aromatic nitrogens is 3. The molecule has 11 heteroatoms. The minimum absolute atomic E-state index is 0.0183. The van der Waals surface area contributed by atoms with Crippen molar-refractivity contribution >= 4 is 21.9 Å². The number of carbonyl (C=O) groups excluding carboxylic acids is 1. The average Bonchev–Trinajstić information content (AvgIpc) is 3.40. The summed E-state index contributed by atoms with van der Waals surface area (Å²) in [7, 11) is -4.17. The van der Waals surface area contributed by atoms with Crippen LogP contribution in [0.1, 0.15) is 86.3 Å². The summed E-state index contributed by atoms with van der Waals surface area (Å²) in [6.07, 6.45) is 3.32. The predicted molar refractivity (Wildman–Crippen MR) is 189 cm³/mol. The highest BCUT2D eigenvalue weighted by Crippen LogP contribution is 2.40. The van der Waals surface area contributed by atoms with Crippen LogP contribution in [0.4, 0.5) is 5.95 Å². The van der Waals surface area contributed by atoms with E-state index >= 15 is 0 Å². The number of nitrogens with one attached hydrogen (secondary N) is 1. The van der Waals surface area contributed by atoms with Gasteiger partial charge in [-0.05, 0) is 78.5 Å². The number of hydrogen-bond donors (Lipinski definition) is 1. The van der Waals surface area contributed by atoms with E-state index < -0.39 is 16.1 Å². The van der Waals surface area contributed by atoms with E-state index in [0.717, 1.165) is 28.7 Å². The molecule has 10 nitrogen and oxygen atoms in total. The van der Waals surface area contributed by atoms with Crippen molar-refractivity contribution in [3.8, 4) is 17.1 Å². The van der Waals surface area contributed by atoms with E-state index in [1.54, 1.807) is 23.1 Å². The van der Waals surface area contributed by atoms with Crippen molar-refractivity contribution in [2.75, 3.05) is 17.9 Å². The van der Waals surface area contributed by atoms with Gasteiger partial charge in [0.1, 0.15) is 6.61 Å². The number of carbonyl (C=O) groups is 1. The number of nitrogens with zero attached hydrogens (tertiary/aromatic N) is 4. The number of sulfonamides is 1. The maximum absolute atomic E-state index is 14.5. The largest absolute Gasteiger partial charge is 0.475 e. The number of anilines is 1. The van der Waals surface area contributed by atoms with Crippen molar-refractivity contribution < 1.29 is 22.7 Å². The first-order chi connectivity index (χ1) is 23.1. The van der Waals surface area contributed by atoms with Gasteiger partial charge < -0.3 is 14.4 Å². The third-order valence-electron chi connectivity index (χ3n) is 9.00. The first-order valence-corrected chi connectivity index (χ1v) is 18.1. The van der Waals surface area contributed by atoms with Crippen LogP contribution < -0.4 is 9.46 Å². The van der Waals surface area contributed by atoms with Gasteiger partial charge in [0, 0.05) is 23.4 Å². The zero-order valence-corrected chi connectivity index (χ0v) is 30.1. The molecule has 1 saturated heterocycles. The Morgan fingerprint density at radius 1 is 1.00 bits per heavy atom. The Balaban J connectivity index is 1.43. The Bertz CT molecular complexity index is 1950. The fourth-order valence-electron chi connectivity index (χ4n) is 6.60. The molecule has 4 bridgehead atoms. The van der Waals surface area contributed by atoms with Gasteiger partial charge in [0.05, 0.1) is 41.6 Å². The van der Waals surface area contributed by atoms with E-state index in [1.165, 1.54) is 12.1 Å². The van der Waals surface area contributed by atoms with Crippen molar-refractivity contribution in [2.45, 2.75) is 84.9 Å². The average molecular weight is 684 g/mol. The summed E-state index contributed by atoms with van der Waals surface area (Å²) in [5, 5.41) is 0. The van der Waals surface area contributed by atoms with Gasteiger partial charge in [-0.2, -0.15) is 4.98 Å². The minimum Gasteiger partial charge on any atom is -0.475 e. The van der Waals surface area contributed by atoms with Crippen LogP contribution in [0.25, 0.3) is 11.3 Å². The second-order valence-corrected chi connectivity index (χ2v) is 16.9. The number of rotatable bonds is 5. The van der Waals surface area contributed by atoms with E-state index in [-0.39, 0.29) is 58.3 Å². The van der Waals surface area contributed by atoms with Crippen LogP contribution in [0, 0.1) is 24.7 Å². The Kier molecular flexibility index (Phi) is 9.27. The van der Waals surface area contributed by atoms with E-state index in [0.29, 0.717) is 24.4 Å². The van der Waals surface area contributed by atoms with E-state index in [2.05, 4.69) is 49.3 Å². The van der Waals surface area contributed by atoms with E-state index in [9.17, 15) is 13.2 Å². The van der Waals surface area contributed by atoms with Crippen LogP contribution in [-0.4, -0.2) is 53.4 Å². The summed E-state index contributed by atoms with van der Waals surface area (Å²) in [4.78, 5) is 30.0. The molecule has 0 aliphatic carbocycles. The summed E-state index contributed by atoms with van der Waals surface area (Å²) in [6.45, 7) is 15.7. The Morgan fingerprint density at radius 3 is 2.39 bits per heavy atom. The first-order valence-electron chi connectivity index (χ1n) is 16.7. The number of hydrogen-bond acceptors (Lipinski definition) is 8. The highest BCUT2D eigenvalue weighted by molar-refractivity contribution is 7.92. The van der Waals surface area contributed by atoms with Crippen molar-refractivity contribution in [2.24, 2.45) is 10.8 Å². The molecule has 1 amide bonds. The number of aryl methyl sites for hydroxylation is 2. The number of pyridine rings is 1. The molecule has 0 spiro atoms. The summed E-state index contributed by atoms with van der Waals surface area (Å²) < 4.78 is 42.3. The Morgan fingerprint density at radius 2 is 1.73 bits per heavy atom. The predicted octanol–water partition coefficient (Wildman–Crippen LogP) is 7.28. The first kappa shape index (κ1) is 34.5. The fraction of sp³-hybridized carbons (Fsp3) is 0.421. The second-order valence-electron chi connectivity index (χ2n) is 15.2. The summed E-state index contributed by atoms with van der Waals surface area (Å²) in [6, 6.07) is 17.2. The molecule has 2 atom stereocenters. The van der Waals surface area contributed by atoms with Crippen LogP contribution in [0.5, 0.6) is 5.88 Å². The highest BCUT2D eigenvalue weighted by Gasteiger charge is 2.34. The lowest BCUT2D eigenvalue weighted by Crippen LogP contribution is -2.45. The molecule has 4 heterocycles. The molecule has 1 N–H and O–H groups in total. The lowest BCUT2D eigenvalue weighted by Gasteiger charge is -2.35. The van der Waals surface area contributed by atoms with Gasteiger partial charge in [0.15, 0.2) is 0 Å². The normalized spacial score (nSPS) is 20.4. The number of benzene rings is 2. The molecule has 258 valence electrons. The van der Waals surface area contributed by atoms with Crippen LogP contribution in [0.15, 0.2) is 71.8 Å². The summed E-state index contributed by atoms with van der Waals surface area (Å²) >= 11 is 0. The van der Waals surface area contributed by atoms with Crippen molar-refractivity contribution in [3.05, 3.63) is 94.8 Å². The van der Waals surface area contributed by atoms with Crippen molar-refractivity contribution in [1.29, 1.82) is 0 Å². The molecule has 1 fully saturated rings. The molecule has 0 radical (unpaired) electrons. The van der Waals surface area contributed by atoms with Crippen molar-refractivity contribution in [3.63, 3.8) is 0 Å². The maximum atomic E-state index is 14.5. The zero-order valence-electron chi connectivity index (χ0n) is 29.3. The number of fused-ring (bicyclic) bond motifs is 4. The molecule has 2 aliphatic heterocycles. The van der Waals surface area contributed by atoms with Crippen LogP contribution in [0.3, 0.4) is 0 Å². The molecule has 0 saturated carbocycles. The van der Waals surface area contributed by atoms with Gasteiger partial charge in [-0.1, -0.05) is 65.0 Å². The van der Waals surface area contributed by atoms with Crippen LogP contribution in [0.2, 0.25) is 0 Å². The zero-order chi connectivity index (χ0) is 35.1. The quantitative estimate of drug-likeness (QED) is 0.233. The van der Waals surface area contributed by atoms with Crippen LogP contribution in [-0.2, 0) is 21.3 Å². The Labute approximate surface area is 289 Å². The molecule has 1 unspecified atom stereocenters. The van der Waals surface area contributed by atoms with Crippen LogP contribution >= 0.6 is 0 Å². The molecule has 4 aromatic rings. The molecule has 2 aromatic carbocycles. The highest BCUT2D eigenvalue weighted by atomic mass is 32.2. The number of amides is 1. The SMILES string of the molecule is Cc1cccc(C)c1-c1cc2nc(n1)NS(=O)(=O)c1cccc(c1)C(=O)N(Cc1ccc(C3CC(C)(C)CO3)cn1)[C@H](CC(C)(C)C)CO2. The van der Waals surface area contributed by atoms with Gasteiger partial charge in [-0.3, -0.25) is 9.78 Å². The second kappa shape index (κ2) is 13.2. The van der Waals surface area contributed by atoms with Gasteiger partial charge >= 0.3 is 0 Å². The van der Waals surface area contributed by atoms with Gasteiger partial charge in [-0.15, -0.1) is 0 Å².